The minimum Gasteiger partial charge on any atom is -0.350 e. The summed E-state index contributed by atoms with van der Waals surface area (Å²) in [6, 6.07) is 13.2. The van der Waals surface area contributed by atoms with Gasteiger partial charge in [0, 0.05) is 41.5 Å². The van der Waals surface area contributed by atoms with Crippen molar-refractivity contribution < 1.29 is 0 Å². The topological polar surface area (TPSA) is 17.0 Å². The molecule has 0 saturated carbocycles. The molecule has 1 atom stereocenters. The second-order valence-electron chi connectivity index (χ2n) is 5.37. The summed E-state index contributed by atoms with van der Waals surface area (Å²) in [6.45, 7) is 5.37. The maximum Gasteiger partial charge on any atom is 0.0359 e. The van der Waals surface area contributed by atoms with Gasteiger partial charge in [0.15, 0.2) is 0 Å². The molecular formula is C17H22N2S. The SMILES string of the molecule is CCCNCc1cccn1CC1CSc2ccccc21. The molecular weight excluding hydrogens is 264 g/mol. The van der Waals surface area contributed by atoms with Gasteiger partial charge in [0.25, 0.3) is 0 Å². The molecule has 1 unspecified atom stereocenters. The van der Waals surface area contributed by atoms with Crippen LogP contribution in [-0.2, 0) is 13.1 Å². The Bertz CT molecular complexity index is 562. The van der Waals surface area contributed by atoms with Crippen molar-refractivity contribution in [1.82, 2.24) is 9.88 Å². The summed E-state index contributed by atoms with van der Waals surface area (Å²) < 4.78 is 2.41. The summed E-state index contributed by atoms with van der Waals surface area (Å²) in [5.74, 6) is 1.85. The normalized spacial score (nSPS) is 17.4. The first-order valence-corrected chi connectivity index (χ1v) is 8.43. The lowest BCUT2D eigenvalue weighted by molar-refractivity contribution is 0.562. The van der Waals surface area contributed by atoms with Gasteiger partial charge in [0.05, 0.1) is 0 Å². The van der Waals surface area contributed by atoms with E-state index in [1.807, 2.05) is 11.8 Å². The molecule has 1 aromatic carbocycles. The van der Waals surface area contributed by atoms with Crippen molar-refractivity contribution >= 4 is 11.8 Å². The van der Waals surface area contributed by atoms with Crippen LogP contribution in [0.25, 0.3) is 0 Å². The van der Waals surface area contributed by atoms with Crippen molar-refractivity contribution in [3.05, 3.63) is 53.9 Å². The van der Waals surface area contributed by atoms with E-state index in [9.17, 15) is 0 Å². The number of aromatic nitrogens is 1. The highest BCUT2D eigenvalue weighted by molar-refractivity contribution is 7.99. The van der Waals surface area contributed by atoms with Gasteiger partial charge < -0.3 is 9.88 Å². The first-order valence-electron chi connectivity index (χ1n) is 7.45. The van der Waals surface area contributed by atoms with E-state index in [0.717, 1.165) is 19.6 Å². The number of hydrogen-bond acceptors (Lipinski definition) is 2. The van der Waals surface area contributed by atoms with E-state index in [-0.39, 0.29) is 0 Å². The van der Waals surface area contributed by atoms with Gasteiger partial charge >= 0.3 is 0 Å². The molecule has 0 radical (unpaired) electrons. The van der Waals surface area contributed by atoms with E-state index >= 15 is 0 Å². The highest BCUT2D eigenvalue weighted by Crippen LogP contribution is 2.40. The Hall–Kier alpha value is -1.19. The fraction of sp³-hybridized carbons (Fsp3) is 0.412. The Morgan fingerprint density at radius 2 is 2.15 bits per heavy atom. The zero-order valence-electron chi connectivity index (χ0n) is 12.0. The maximum atomic E-state index is 3.50. The minimum absolute atomic E-state index is 0.647. The number of rotatable bonds is 6. The first kappa shape index (κ1) is 13.8. The van der Waals surface area contributed by atoms with Gasteiger partial charge in [-0.2, -0.15) is 0 Å². The van der Waals surface area contributed by atoms with E-state index < -0.39 is 0 Å². The van der Waals surface area contributed by atoms with Gasteiger partial charge in [-0.25, -0.2) is 0 Å². The molecule has 0 amide bonds. The minimum atomic E-state index is 0.647. The molecule has 0 fully saturated rings. The summed E-state index contributed by atoms with van der Waals surface area (Å²) in [5, 5.41) is 3.50. The molecule has 1 aromatic heterocycles. The van der Waals surface area contributed by atoms with Crippen LogP contribution in [0.1, 0.15) is 30.5 Å². The van der Waals surface area contributed by atoms with Crippen LogP contribution in [0.4, 0.5) is 0 Å². The lowest BCUT2D eigenvalue weighted by Crippen LogP contribution is -2.18. The predicted molar refractivity (Wildman–Crippen MR) is 86.3 cm³/mol. The fourth-order valence-electron chi connectivity index (χ4n) is 2.80. The van der Waals surface area contributed by atoms with E-state index in [4.69, 9.17) is 0 Å². The summed E-state index contributed by atoms with van der Waals surface area (Å²) in [7, 11) is 0. The molecule has 2 nitrogen and oxygen atoms in total. The van der Waals surface area contributed by atoms with E-state index in [1.165, 1.54) is 28.3 Å². The maximum absolute atomic E-state index is 3.50. The average molecular weight is 286 g/mol. The van der Waals surface area contributed by atoms with Crippen LogP contribution in [0.5, 0.6) is 0 Å². The largest absolute Gasteiger partial charge is 0.350 e. The third kappa shape index (κ3) is 2.94. The predicted octanol–water partition coefficient (Wildman–Crippen LogP) is 3.88. The zero-order valence-corrected chi connectivity index (χ0v) is 12.8. The lowest BCUT2D eigenvalue weighted by Gasteiger charge is -2.15. The molecule has 0 spiro atoms. The van der Waals surface area contributed by atoms with Crippen LogP contribution < -0.4 is 5.32 Å². The molecule has 0 aliphatic carbocycles. The van der Waals surface area contributed by atoms with Gasteiger partial charge in [-0.3, -0.25) is 0 Å². The average Bonchev–Trinajstić information content (AvgIpc) is 3.08. The molecule has 20 heavy (non-hydrogen) atoms. The Morgan fingerprint density at radius 1 is 1.25 bits per heavy atom. The third-order valence-corrected chi connectivity index (χ3v) is 5.12. The Morgan fingerprint density at radius 3 is 3.05 bits per heavy atom. The van der Waals surface area contributed by atoms with Crippen molar-refractivity contribution in [1.29, 1.82) is 0 Å². The number of nitrogens with zero attached hydrogens (tertiary/aromatic N) is 1. The first-order chi connectivity index (χ1) is 9.88. The standard InChI is InChI=1S/C17H22N2S/c1-2-9-18-11-15-6-5-10-19(15)12-14-13-20-17-8-4-3-7-16(14)17/h3-8,10,14,18H,2,9,11-13H2,1H3. The number of nitrogens with one attached hydrogen (secondary N) is 1. The monoisotopic (exact) mass is 286 g/mol. The van der Waals surface area contributed by atoms with Gasteiger partial charge in [-0.1, -0.05) is 25.1 Å². The molecule has 106 valence electrons. The van der Waals surface area contributed by atoms with Crippen LogP contribution >= 0.6 is 11.8 Å². The fourth-order valence-corrected chi connectivity index (χ4v) is 4.04. The molecule has 1 N–H and O–H groups in total. The molecule has 3 rings (SSSR count). The van der Waals surface area contributed by atoms with Crippen molar-refractivity contribution in [3.8, 4) is 0 Å². The second-order valence-corrected chi connectivity index (χ2v) is 6.44. The smallest absolute Gasteiger partial charge is 0.0359 e. The molecule has 3 heteroatoms. The molecule has 1 aliphatic heterocycles. The number of fused-ring (bicyclic) bond motifs is 1. The molecule has 1 aliphatic rings. The van der Waals surface area contributed by atoms with Crippen LogP contribution in [-0.4, -0.2) is 16.9 Å². The Kier molecular flexibility index (Phi) is 4.48. The van der Waals surface area contributed by atoms with Crippen molar-refractivity contribution in [3.63, 3.8) is 0 Å². The van der Waals surface area contributed by atoms with Gasteiger partial charge in [-0.05, 0) is 36.7 Å². The molecule has 0 saturated heterocycles. The summed E-state index contributed by atoms with van der Waals surface area (Å²) in [4.78, 5) is 1.47. The van der Waals surface area contributed by atoms with E-state index in [2.05, 4.69) is 59.4 Å². The second kappa shape index (κ2) is 6.51. The zero-order chi connectivity index (χ0) is 13.8. The highest BCUT2D eigenvalue weighted by atomic mass is 32.2. The van der Waals surface area contributed by atoms with Crippen LogP contribution in [0.2, 0.25) is 0 Å². The molecule has 2 heterocycles. The Balaban J connectivity index is 1.69. The Labute approximate surface area is 125 Å². The van der Waals surface area contributed by atoms with Crippen LogP contribution in [0.3, 0.4) is 0 Å². The van der Waals surface area contributed by atoms with Crippen molar-refractivity contribution in [2.75, 3.05) is 12.3 Å². The van der Waals surface area contributed by atoms with Gasteiger partial charge in [-0.15, -0.1) is 11.8 Å². The van der Waals surface area contributed by atoms with Gasteiger partial charge in [0.2, 0.25) is 0 Å². The van der Waals surface area contributed by atoms with Crippen molar-refractivity contribution in [2.24, 2.45) is 0 Å². The summed E-state index contributed by atoms with van der Waals surface area (Å²) in [6.07, 6.45) is 3.40. The number of thioether (sulfide) groups is 1. The third-order valence-electron chi connectivity index (χ3n) is 3.87. The van der Waals surface area contributed by atoms with Crippen molar-refractivity contribution in [2.45, 2.75) is 37.2 Å². The van der Waals surface area contributed by atoms with Crippen LogP contribution in [0.15, 0.2) is 47.5 Å². The van der Waals surface area contributed by atoms with E-state index in [0.29, 0.717) is 5.92 Å². The number of hydrogen-bond donors (Lipinski definition) is 1. The van der Waals surface area contributed by atoms with Gasteiger partial charge in [0.1, 0.15) is 0 Å². The summed E-state index contributed by atoms with van der Waals surface area (Å²) >= 11 is 2.00. The lowest BCUT2D eigenvalue weighted by atomic mass is 10.0. The molecule has 2 aromatic rings. The highest BCUT2D eigenvalue weighted by Gasteiger charge is 2.23. The van der Waals surface area contributed by atoms with E-state index in [1.54, 1.807) is 0 Å². The molecule has 0 bridgehead atoms. The quantitative estimate of drug-likeness (QED) is 0.812. The van der Waals surface area contributed by atoms with Crippen LogP contribution in [0, 0.1) is 0 Å². The number of benzene rings is 1. The summed E-state index contributed by atoms with van der Waals surface area (Å²) in [5.41, 5.74) is 2.92.